The van der Waals surface area contributed by atoms with E-state index in [4.69, 9.17) is 4.84 Å². The van der Waals surface area contributed by atoms with Gasteiger partial charge in [0.2, 0.25) is 0 Å². The highest BCUT2D eigenvalue weighted by atomic mass is 32.2. The standard InChI is InChI=1S/C22H23N3O4S2/c1-14-18-4-2-3-5-19(18)30-21(14)25(13-12-15-6-7-15)31(27,28)17-10-8-16(9-11-17)20-23-22(26)29-24-20/h2-5,8-11,15,20,24H,6-7,12-13H2,1H3,(H,23,26). The van der Waals surface area contributed by atoms with Gasteiger partial charge in [-0.25, -0.2) is 13.2 Å². The van der Waals surface area contributed by atoms with E-state index in [-0.39, 0.29) is 4.90 Å². The summed E-state index contributed by atoms with van der Waals surface area (Å²) in [5, 5.41) is 4.48. The first-order valence-corrected chi connectivity index (χ1v) is 12.5. The third-order valence-corrected chi connectivity index (χ3v) is 9.04. The molecule has 1 aliphatic carbocycles. The summed E-state index contributed by atoms with van der Waals surface area (Å²) in [5.41, 5.74) is 4.28. The molecule has 2 aliphatic rings. The Kier molecular flexibility index (Phi) is 5.11. The molecular weight excluding hydrogens is 434 g/mol. The third-order valence-electron chi connectivity index (χ3n) is 5.82. The number of nitrogens with one attached hydrogen (secondary N) is 2. The Hall–Kier alpha value is -2.62. The molecule has 162 valence electrons. The lowest BCUT2D eigenvalue weighted by atomic mass is 10.2. The summed E-state index contributed by atoms with van der Waals surface area (Å²) < 4.78 is 30.1. The van der Waals surface area contributed by atoms with Gasteiger partial charge in [0.05, 0.1) is 4.90 Å². The zero-order valence-electron chi connectivity index (χ0n) is 17.0. The van der Waals surface area contributed by atoms with Crippen LogP contribution < -0.4 is 15.1 Å². The molecule has 0 radical (unpaired) electrons. The van der Waals surface area contributed by atoms with E-state index in [0.717, 1.165) is 27.1 Å². The van der Waals surface area contributed by atoms with E-state index < -0.39 is 22.3 Å². The van der Waals surface area contributed by atoms with Crippen molar-refractivity contribution in [1.82, 2.24) is 10.8 Å². The SMILES string of the molecule is Cc1c(N(CCC2CC2)S(=O)(=O)c2ccc(C3NOC(=O)N3)cc2)sc2ccccc12. The van der Waals surface area contributed by atoms with Crippen LogP contribution >= 0.6 is 11.3 Å². The lowest BCUT2D eigenvalue weighted by Gasteiger charge is -2.24. The maximum Gasteiger partial charge on any atom is 0.427 e. The van der Waals surface area contributed by atoms with Crippen LogP contribution in [0.15, 0.2) is 53.4 Å². The first-order chi connectivity index (χ1) is 14.9. The lowest BCUT2D eigenvalue weighted by Crippen LogP contribution is -2.32. The molecule has 2 aromatic carbocycles. The van der Waals surface area contributed by atoms with Crippen molar-refractivity contribution in [2.45, 2.75) is 37.2 Å². The van der Waals surface area contributed by atoms with Crippen LogP contribution in [-0.2, 0) is 14.9 Å². The summed E-state index contributed by atoms with van der Waals surface area (Å²) in [5.74, 6) is 0.617. The number of amides is 1. The van der Waals surface area contributed by atoms with Gasteiger partial charge in [-0.1, -0.05) is 43.2 Å². The number of fused-ring (bicyclic) bond motifs is 1. The van der Waals surface area contributed by atoms with E-state index in [0.29, 0.717) is 18.0 Å². The molecule has 1 aliphatic heterocycles. The van der Waals surface area contributed by atoms with E-state index in [1.54, 1.807) is 28.6 Å². The molecule has 0 bridgehead atoms. The highest BCUT2D eigenvalue weighted by Crippen LogP contribution is 2.41. The highest BCUT2D eigenvalue weighted by molar-refractivity contribution is 7.93. The molecule has 7 nitrogen and oxygen atoms in total. The summed E-state index contributed by atoms with van der Waals surface area (Å²) in [7, 11) is -3.74. The Bertz CT molecular complexity index is 1230. The van der Waals surface area contributed by atoms with E-state index in [9.17, 15) is 13.2 Å². The Morgan fingerprint density at radius 3 is 2.52 bits per heavy atom. The molecule has 5 rings (SSSR count). The number of anilines is 1. The first-order valence-electron chi connectivity index (χ1n) is 10.3. The summed E-state index contributed by atoms with van der Waals surface area (Å²) in [6.45, 7) is 2.46. The topological polar surface area (TPSA) is 87.7 Å². The van der Waals surface area contributed by atoms with Crippen molar-refractivity contribution >= 4 is 42.5 Å². The van der Waals surface area contributed by atoms with Crippen molar-refractivity contribution in [1.29, 1.82) is 0 Å². The van der Waals surface area contributed by atoms with Crippen LogP contribution in [0.3, 0.4) is 0 Å². The molecule has 1 unspecified atom stereocenters. The number of hydroxylamine groups is 1. The molecule has 9 heteroatoms. The minimum atomic E-state index is -3.74. The van der Waals surface area contributed by atoms with Gasteiger partial charge in [-0.15, -0.1) is 16.8 Å². The minimum Gasteiger partial charge on any atom is -0.351 e. The van der Waals surface area contributed by atoms with Gasteiger partial charge in [0.1, 0.15) is 11.2 Å². The molecule has 1 saturated carbocycles. The summed E-state index contributed by atoms with van der Waals surface area (Å²) in [6, 6.07) is 14.6. The fourth-order valence-corrected chi connectivity index (χ4v) is 6.82. The number of hydrogen-bond donors (Lipinski definition) is 2. The molecular formula is C22H23N3O4S2. The van der Waals surface area contributed by atoms with Gasteiger partial charge < -0.3 is 4.84 Å². The van der Waals surface area contributed by atoms with Crippen molar-refractivity contribution in [2.75, 3.05) is 10.8 Å². The Morgan fingerprint density at radius 2 is 1.87 bits per heavy atom. The first kappa shape index (κ1) is 20.3. The number of sulfonamides is 1. The van der Waals surface area contributed by atoms with Crippen LogP contribution in [-0.4, -0.2) is 21.1 Å². The van der Waals surface area contributed by atoms with Gasteiger partial charge in [0.15, 0.2) is 0 Å². The smallest absolute Gasteiger partial charge is 0.351 e. The van der Waals surface area contributed by atoms with E-state index >= 15 is 0 Å². The Morgan fingerprint density at radius 1 is 1.13 bits per heavy atom. The number of carbonyl (C=O) groups is 1. The molecule has 31 heavy (non-hydrogen) atoms. The number of rotatable bonds is 7. The van der Waals surface area contributed by atoms with Crippen LogP contribution in [0, 0.1) is 12.8 Å². The van der Waals surface area contributed by atoms with E-state index in [1.807, 2.05) is 31.2 Å². The largest absolute Gasteiger partial charge is 0.427 e. The zero-order chi connectivity index (χ0) is 21.6. The average Bonchev–Trinajstić information content (AvgIpc) is 3.41. The van der Waals surface area contributed by atoms with Crippen LogP contribution in [0.4, 0.5) is 9.80 Å². The van der Waals surface area contributed by atoms with Crippen LogP contribution in [0.1, 0.15) is 36.6 Å². The van der Waals surface area contributed by atoms with Gasteiger partial charge in [-0.05, 0) is 54.0 Å². The van der Waals surface area contributed by atoms with Crippen molar-refractivity contribution in [3.05, 3.63) is 59.7 Å². The number of carbonyl (C=O) groups excluding carboxylic acids is 1. The number of thiophene rings is 1. The summed E-state index contributed by atoms with van der Waals surface area (Å²) in [4.78, 5) is 16.2. The van der Waals surface area contributed by atoms with E-state index in [1.165, 1.54) is 24.2 Å². The van der Waals surface area contributed by atoms with Crippen LogP contribution in [0.2, 0.25) is 0 Å². The van der Waals surface area contributed by atoms with Crippen molar-refractivity contribution in [3.8, 4) is 0 Å². The minimum absolute atomic E-state index is 0.231. The highest BCUT2D eigenvalue weighted by Gasteiger charge is 2.31. The molecule has 2 N–H and O–H groups in total. The van der Waals surface area contributed by atoms with Crippen molar-refractivity contribution in [3.63, 3.8) is 0 Å². The number of benzene rings is 2. The fraction of sp³-hybridized carbons (Fsp3) is 0.318. The van der Waals surface area contributed by atoms with Gasteiger partial charge >= 0.3 is 6.09 Å². The van der Waals surface area contributed by atoms with Gasteiger partial charge in [0, 0.05) is 11.2 Å². The van der Waals surface area contributed by atoms with Crippen LogP contribution in [0.5, 0.6) is 0 Å². The molecule has 1 amide bonds. The molecule has 1 saturated heterocycles. The molecule has 3 aromatic rings. The zero-order valence-corrected chi connectivity index (χ0v) is 18.6. The fourth-order valence-electron chi connectivity index (χ4n) is 3.84. The van der Waals surface area contributed by atoms with Crippen molar-refractivity contribution in [2.24, 2.45) is 5.92 Å². The number of aryl methyl sites for hydroxylation is 1. The molecule has 1 atom stereocenters. The molecule has 0 spiro atoms. The van der Waals surface area contributed by atoms with Gasteiger partial charge in [0.25, 0.3) is 10.0 Å². The maximum absolute atomic E-state index is 13.7. The lowest BCUT2D eigenvalue weighted by molar-refractivity contribution is 0.121. The normalized spacial score (nSPS) is 18.7. The van der Waals surface area contributed by atoms with Crippen molar-refractivity contribution < 1.29 is 18.0 Å². The maximum atomic E-state index is 13.7. The number of hydrogen-bond acceptors (Lipinski definition) is 6. The predicted molar refractivity (Wildman–Crippen MR) is 120 cm³/mol. The average molecular weight is 458 g/mol. The second kappa shape index (κ2) is 7.81. The Labute approximate surface area is 185 Å². The van der Waals surface area contributed by atoms with Crippen LogP contribution in [0.25, 0.3) is 10.1 Å². The molecule has 2 fully saturated rings. The second-order valence-corrected chi connectivity index (χ2v) is 10.9. The quantitative estimate of drug-likeness (QED) is 0.547. The van der Waals surface area contributed by atoms with E-state index in [2.05, 4.69) is 10.8 Å². The van der Waals surface area contributed by atoms with Gasteiger partial charge in [-0.3, -0.25) is 9.62 Å². The summed E-state index contributed by atoms with van der Waals surface area (Å²) in [6.07, 6.45) is 2.15. The van der Waals surface area contributed by atoms with Gasteiger partial charge in [-0.2, -0.15) is 0 Å². The third kappa shape index (κ3) is 3.88. The predicted octanol–water partition coefficient (Wildman–Crippen LogP) is 4.45. The second-order valence-electron chi connectivity index (χ2n) is 7.99. The summed E-state index contributed by atoms with van der Waals surface area (Å²) >= 11 is 1.52. The molecule has 1 aromatic heterocycles. The molecule has 2 heterocycles. The monoisotopic (exact) mass is 457 g/mol. The number of nitrogens with zero attached hydrogens (tertiary/aromatic N) is 1. The Balaban J connectivity index is 1.50.